The number of ether oxygens (including phenoxy) is 1. The zero-order chi connectivity index (χ0) is 15.2. The van der Waals surface area contributed by atoms with E-state index in [0.29, 0.717) is 11.4 Å². The van der Waals surface area contributed by atoms with Gasteiger partial charge in [0.05, 0.1) is 18.6 Å². The molecule has 0 fully saturated rings. The highest BCUT2D eigenvalue weighted by Crippen LogP contribution is 2.26. The van der Waals surface area contributed by atoms with E-state index in [0.717, 1.165) is 17.7 Å². The lowest BCUT2D eigenvalue weighted by atomic mass is 9.98. The van der Waals surface area contributed by atoms with Gasteiger partial charge in [-0.3, -0.25) is 0 Å². The fraction of sp³-hybridized carbons (Fsp3) is 0.188. The molecule has 0 aliphatic carbocycles. The van der Waals surface area contributed by atoms with Crippen molar-refractivity contribution in [3.05, 3.63) is 64.7 Å². The van der Waals surface area contributed by atoms with Crippen LogP contribution in [0.3, 0.4) is 0 Å². The Balaban J connectivity index is 1.97. The number of nitrogens with zero attached hydrogens (tertiary/aromatic N) is 1. The van der Waals surface area contributed by atoms with Crippen molar-refractivity contribution in [2.45, 2.75) is 12.3 Å². The number of hydrogen-bond acceptors (Lipinski definition) is 2. The van der Waals surface area contributed by atoms with Gasteiger partial charge in [0.15, 0.2) is 11.6 Å². The average Bonchev–Trinajstić information content (AvgIpc) is 2.48. The van der Waals surface area contributed by atoms with E-state index in [1.165, 1.54) is 6.07 Å². The van der Waals surface area contributed by atoms with E-state index in [1.807, 2.05) is 6.07 Å². The van der Waals surface area contributed by atoms with Crippen LogP contribution in [-0.2, 0) is 0 Å². The van der Waals surface area contributed by atoms with E-state index in [1.54, 1.807) is 18.2 Å². The van der Waals surface area contributed by atoms with Gasteiger partial charge in [0.2, 0.25) is 0 Å². The van der Waals surface area contributed by atoms with Gasteiger partial charge in [-0.05, 0) is 23.8 Å². The first-order valence-corrected chi connectivity index (χ1v) is 6.71. The fourth-order valence-corrected chi connectivity index (χ4v) is 2.18. The Morgan fingerprint density at radius 1 is 1.14 bits per heavy atom. The molecule has 2 rings (SSSR count). The Bertz CT molecular complexity index is 670. The second-order valence-corrected chi connectivity index (χ2v) is 4.82. The van der Waals surface area contributed by atoms with Crippen molar-refractivity contribution in [1.82, 2.24) is 0 Å². The third-order valence-corrected chi connectivity index (χ3v) is 3.35. The molecule has 0 aliphatic rings. The van der Waals surface area contributed by atoms with Gasteiger partial charge in [-0.25, -0.2) is 8.78 Å². The van der Waals surface area contributed by atoms with Crippen LogP contribution in [0.4, 0.5) is 8.78 Å². The topological polar surface area (TPSA) is 33.0 Å². The zero-order valence-corrected chi connectivity index (χ0v) is 11.8. The number of rotatable bonds is 5. The quantitative estimate of drug-likeness (QED) is 0.802. The van der Waals surface area contributed by atoms with E-state index in [-0.39, 0.29) is 12.4 Å². The maximum Gasteiger partial charge on any atom is 0.162 e. The monoisotopic (exact) mass is 307 g/mol. The van der Waals surface area contributed by atoms with Gasteiger partial charge in [0, 0.05) is 17.5 Å². The predicted octanol–water partition coefficient (Wildman–Crippen LogP) is 4.69. The molecular formula is C16H12ClF2NO. The van der Waals surface area contributed by atoms with Crippen molar-refractivity contribution in [2.75, 3.05) is 6.61 Å². The summed E-state index contributed by atoms with van der Waals surface area (Å²) in [5, 5.41) is 9.73. The smallest absolute Gasteiger partial charge is 0.162 e. The normalized spacial score (nSPS) is 11.7. The van der Waals surface area contributed by atoms with Gasteiger partial charge in [0.25, 0.3) is 0 Å². The number of benzene rings is 2. The van der Waals surface area contributed by atoms with Crippen molar-refractivity contribution in [2.24, 2.45) is 0 Å². The average molecular weight is 308 g/mol. The van der Waals surface area contributed by atoms with E-state index < -0.39 is 17.6 Å². The first-order valence-electron chi connectivity index (χ1n) is 6.33. The van der Waals surface area contributed by atoms with Crippen LogP contribution >= 0.6 is 11.6 Å². The van der Waals surface area contributed by atoms with Gasteiger partial charge in [-0.1, -0.05) is 29.8 Å². The molecule has 2 aromatic carbocycles. The van der Waals surface area contributed by atoms with Crippen LogP contribution < -0.4 is 4.74 Å². The largest absolute Gasteiger partial charge is 0.493 e. The first-order chi connectivity index (χ1) is 10.1. The van der Waals surface area contributed by atoms with Gasteiger partial charge in [-0.15, -0.1) is 0 Å². The van der Waals surface area contributed by atoms with Gasteiger partial charge >= 0.3 is 0 Å². The van der Waals surface area contributed by atoms with Crippen molar-refractivity contribution in [3.63, 3.8) is 0 Å². The molecule has 108 valence electrons. The lowest BCUT2D eigenvalue weighted by Crippen LogP contribution is -2.05. The summed E-state index contributed by atoms with van der Waals surface area (Å²) in [5.41, 5.74) is 0.732. The Morgan fingerprint density at radius 3 is 2.57 bits per heavy atom. The molecule has 0 heterocycles. The maximum absolute atomic E-state index is 13.0. The number of halogens is 3. The molecule has 0 radical (unpaired) electrons. The summed E-state index contributed by atoms with van der Waals surface area (Å²) in [6.45, 7) is 0.203. The van der Waals surface area contributed by atoms with Gasteiger partial charge < -0.3 is 4.74 Å². The molecule has 0 spiro atoms. The molecule has 1 atom stereocenters. The molecule has 2 nitrogen and oxygen atoms in total. The van der Waals surface area contributed by atoms with E-state index >= 15 is 0 Å². The highest BCUT2D eigenvalue weighted by molar-refractivity contribution is 6.31. The molecule has 21 heavy (non-hydrogen) atoms. The SMILES string of the molecule is N#CC(CCOc1ccc(F)c(F)c1)c1ccccc1Cl. The summed E-state index contributed by atoms with van der Waals surface area (Å²) in [7, 11) is 0. The number of hydrogen-bond donors (Lipinski definition) is 0. The van der Waals surface area contributed by atoms with Crippen molar-refractivity contribution in [1.29, 1.82) is 5.26 Å². The molecule has 0 saturated carbocycles. The minimum Gasteiger partial charge on any atom is -0.493 e. The second-order valence-electron chi connectivity index (χ2n) is 4.42. The Morgan fingerprint density at radius 2 is 1.90 bits per heavy atom. The summed E-state index contributed by atoms with van der Waals surface area (Å²) < 4.78 is 31.1. The maximum atomic E-state index is 13.0. The van der Waals surface area contributed by atoms with E-state index in [9.17, 15) is 14.0 Å². The van der Waals surface area contributed by atoms with Crippen molar-refractivity contribution < 1.29 is 13.5 Å². The lowest BCUT2D eigenvalue weighted by Gasteiger charge is -2.12. The predicted molar refractivity (Wildman–Crippen MR) is 76.3 cm³/mol. The van der Waals surface area contributed by atoms with Crippen LogP contribution in [0.25, 0.3) is 0 Å². The molecular weight excluding hydrogens is 296 g/mol. The molecule has 2 aromatic rings. The summed E-state index contributed by atoms with van der Waals surface area (Å²) in [5.74, 6) is -2.07. The van der Waals surface area contributed by atoms with Crippen LogP contribution in [0.5, 0.6) is 5.75 Å². The third kappa shape index (κ3) is 3.93. The molecule has 0 amide bonds. The van der Waals surface area contributed by atoms with Crippen LogP contribution in [-0.4, -0.2) is 6.61 Å². The first kappa shape index (κ1) is 15.3. The highest BCUT2D eigenvalue weighted by atomic mass is 35.5. The number of nitriles is 1. The third-order valence-electron chi connectivity index (χ3n) is 3.00. The van der Waals surface area contributed by atoms with Gasteiger partial charge in [-0.2, -0.15) is 5.26 Å². The Kier molecular flexibility index (Phi) is 5.13. The van der Waals surface area contributed by atoms with Crippen molar-refractivity contribution >= 4 is 11.6 Å². The molecule has 0 N–H and O–H groups in total. The standard InChI is InChI=1S/C16H12ClF2NO/c17-14-4-2-1-3-13(14)11(10-20)7-8-21-12-5-6-15(18)16(19)9-12/h1-6,9,11H,7-8H2. The molecule has 5 heteroatoms. The fourth-order valence-electron chi connectivity index (χ4n) is 1.91. The second kappa shape index (κ2) is 7.05. The summed E-state index contributed by atoms with van der Waals surface area (Å²) >= 11 is 6.05. The lowest BCUT2D eigenvalue weighted by molar-refractivity contribution is 0.303. The highest BCUT2D eigenvalue weighted by Gasteiger charge is 2.14. The molecule has 1 unspecified atom stereocenters. The summed E-state index contributed by atoms with van der Waals surface area (Å²) in [4.78, 5) is 0. The minimum atomic E-state index is -0.963. The molecule has 0 aliphatic heterocycles. The molecule has 0 bridgehead atoms. The van der Waals surface area contributed by atoms with Crippen molar-refractivity contribution in [3.8, 4) is 11.8 Å². The van der Waals surface area contributed by atoms with Gasteiger partial charge in [0.1, 0.15) is 5.75 Å². The minimum absolute atomic E-state index is 0.203. The summed E-state index contributed by atoms with van der Waals surface area (Å²) in [6, 6.07) is 12.6. The zero-order valence-electron chi connectivity index (χ0n) is 11.0. The molecule has 0 saturated heterocycles. The van der Waals surface area contributed by atoms with Crippen LogP contribution in [0.2, 0.25) is 5.02 Å². The van der Waals surface area contributed by atoms with E-state index in [4.69, 9.17) is 16.3 Å². The Labute approximate surface area is 126 Å². The van der Waals surface area contributed by atoms with E-state index in [2.05, 4.69) is 6.07 Å². The van der Waals surface area contributed by atoms with Crippen LogP contribution in [0.1, 0.15) is 17.9 Å². The van der Waals surface area contributed by atoms with Crippen LogP contribution in [0.15, 0.2) is 42.5 Å². The summed E-state index contributed by atoms with van der Waals surface area (Å²) in [6.07, 6.45) is 0.402. The van der Waals surface area contributed by atoms with Crippen LogP contribution in [0, 0.1) is 23.0 Å². The Hall–Kier alpha value is -2.12. The molecule has 0 aromatic heterocycles.